The summed E-state index contributed by atoms with van der Waals surface area (Å²) in [4.78, 5) is 8.82. The third-order valence-corrected chi connectivity index (χ3v) is 3.48. The van der Waals surface area contributed by atoms with Crippen LogP contribution in [0.25, 0.3) is 5.95 Å². The maximum Gasteiger partial charge on any atom is 0.253 e. The van der Waals surface area contributed by atoms with Crippen molar-refractivity contribution < 1.29 is 9.50 Å². The Morgan fingerprint density at radius 3 is 2.42 bits per heavy atom. The normalized spacial score (nSPS) is 12.2. The number of rotatable bonds is 4. The van der Waals surface area contributed by atoms with Gasteiger partial charge in [0.2, 0.25) is 0 Å². The van der Waals surface area contributed by atoms with Gasteiger partial charge in [0, 0.05) is 17.4 Å². The number of hydrogen-bond donors (Lipinski definition) is 2. The van der Waals surface area contributed by atoms with Crippen LogP contribution in [-0.2, 0) is 0 Å². The van der Waals surface area contributed by atoms with Crippen LogP contribution in [0.15, 0.2) is 36.4 Å². The van der Waals surface area contributed by atoms with Gasteiger partial charge in [-0.05, 0) is 51.1 Å². The zero-order valence-electron chi connectivity index (χ0n) is 13.7. The van der Waals surface area contributed by atoms with Crippen LogP contribution in [0.4, 0.5) is 15.9 Å². The van der Waals surface area contributed by atoms with Crippen molar-refractivity contribution in [2.45, 2.75) is 26.9 Å². The van der Waals surface area contributed by atoms with Crippen molar-refractivity contribution >= 4 is 11.5 Å². The minimum atomic E-state index is -0.752. The molecule has 3 aromatic rings. The number of aromatic nitrogens is 4. The van der Waals surface area contributed by atoms with Crippen molar-refractivity contribution in [3.05, 3.63) is 59.3 Å². The molecule has 0 spiro atoms. The first-order chi connectivity index (χ1) is 11.4. The molecule has 0 amide bonds. The first kappa shape index (κ1) is 16.1. The fraction of sp³-hybridized carbons (Fsp3) is 0.235. The molecule has 7 heteroatoms. The molecule has 1 aromatic carbocycles. The fourth-order valence-electron chi connectivity index (χ4n) is 2.34. The number of benzene rings is 1. The number of aliphatic hydroxyl groups is 1. The van der Waals surface area contributed by atoms with E-state index in [1.54, 1.807) is 29.8 Å². The number of hydrogen-bond acceptors (Lipinski definition) is 5. The van der Waals surface area contributed by atoms with Gasteiger partial charge in [0.1, 0.15) is 11.6 Å². The first-order valence-electron chi connectivity index (χ1n) is 7.55. The average Bonchev–Trinajstić information content (AvgIpc) is 2.88. The lowest BCUT2D eigenvalue weighted by Crippen LogP contribution is -2.10. The van der Waals surface area contributed by atoms with E-state index in [1.165, 1.54) is 12.1 Å². The molecule has 24 heavy (non-hydrogen) atoms. The van der Waals surface area contributed by atoms with Gasteiger partial charge in [0.05, 0.1) is 17.5 Å². The standard InChI is InChI=1S/C17H18FN5O/c1-10-8-11(2)23(22-10)17-20-15(12(3)24)9-16(21-17)19-14-6-4-13(18)5-7-14/h4-9,12,24H,1-3H3,(H,19,20,21). The highest BCUT2D eigenvalue weighted by molar-refractivity contribution is 5.56. The van der Waals surface area contributed by atoms with Crippen LogP contribution < -0.4 is 5.32 Å². The van der Waals surface area contributed by atoms with Crippen molar-refractivity contribution in [1.82, 2.24) is 19.7 Å². The van der Waals surface area contributed by atoms with E-state index < -0.39 is 6.10 Å². The third kappa shape index (κ3) is 3.41. The van der Waals surface area contributed by atoms with E-state index in [9.17, 15) is 9.50 Å². The molecule has 2 heterocycles. The topological polar surface area (TPSA) is 75.9 Å². The highest BCUT2D eigenvalue weighted by Gasteiger charge is 2.13. The van der Waals surface area contributed by atoms with Crippen LogP contribution in [0.5, 0.6) is 0 Å². The maximum absolute atomic E-state index is 13.0. The predicted octanol–water partition coefficient (Wildman–Crippen LogP) is 3.22. The SMILES string of the molecule is Cc1cc(C)n(-c2nc(Nc3ccc(F)cc3)cc(C(C)O)n2)n1. The molecule has 0 fully saturated rings. The molecular formula is C17H18FN5O. The summed E-state index contributed by atoms with van der Waals surface area (Å²) in [5.41, 5.74) is 2.90. The van der Waals surface area contributed by atoms with E-state index in [1.807, 2.05) is 19.9 Å². The van der Waals surface area contributed by atoms with Crippen LogP contribution in [-0.4, -0.2) is 24.9 Å². The Labute approximate surface area is 139 Å². The van der Waals surface area contributed by atoms with Crippen LogP contribution in [0.1, 0.15) is 30.1 Å². The van der Waals surface area contributed by atoms with Crippen molar-refractivity contribution in [1.29, 1.82) is 0 Å². The predicted molar refractivity (Wildman–Crippen MR) is 88.9 cm³/mol. The molecule has 6 nitrogen and oxygen atoms in total. The van der Waals surface area contributed by atoms with E-state index in [2.05, 4.69) is 20.4 Å². The molecule has 1 atom stereocenters. The zero-order valence-corrected chi connectivity index (χ0v) is 13.7. The first-order valence-corrected chi connectivity index (χ1v) is 7.55. The van der Waals surface area contributed by atoms with Gasteiger partial charge in [-0.1, -0.05) is 0 Å². The van der Waals surface area contributed by atoms with Gasteiger partial charge in [-0.2, -0.15) is 10.1 Å². The van der Waals surface area contributed by atoms with Crippen LogP contribution in [0.3, 0.4) is 0 Å². The molecule has 2 N–H and O–H groups in total. The Kier molecular flexibility index (Phi) is 4.26. The number of anilines is 2. The van der Waals surface area contributed by atoms with E-state index in [0.717, 1.165) is 11.4 Å². The van der Waals surface area contributed by atoms with Gasteiger partial charge in [0.25, 0.3) is 5.95 Å². The third-order valence-electron chi connectivity index (χ3n) is 3.48. The molecule has 0 aliphatic rings. The lowest BCUT2D eigenvalue weighted by molar-refractivity contribution is 0.194. The molecular weight excluding hydrogens is 309 g/mol. The molecule has 124 valence electrons. The second-order valence-corrected chi connectivity index (χ2v) is 5.62. The van der Waals surface area contributed by atoms with Crippen molar-refractivity contribution in [2.75, 3.05) is 5.32 Å². The second-order valence-electron chi connectivity index (χ2n) is 5.62. The fourth-order valence-corrected chi connectivity index (χ4v) is 2.34. The lowest BCUT2D eigenvalue weighted by atomic mass is 10.2. The van der Waals surface area contributed by atoms with Crippen molar-refractivity contribution in [3.63, 3.8) is 0 Å². The summed E-state index contributed by atoms with van der Waals surface area (Å²) in [6.07, 6.45) is -0.752. The van der Waals surface area contributed by atoms with Gasteiger partial charge in [-0.15, -0.1) is 0 Å². The lowest BCUT2D eigenvalue weighted by Gasteiger charge is -2.12. The smallest absolute Gasteiger partial charge is 0.253 e. The van der Waals surface area contributed by atoms with Gasteiger partial charge in [-0.3, -0.25) is 0 Å². The Balaban J connectivity index is 2.02. The summed E-state index contributed by atoms with van der Waals surface area (Å²) in [5.74, 6) is 0.551. The molecule has 0 saturated heterocycles. The summed E-state index contributed by atoms with van der Waals surface area (Å²) in [6, 6.07) is 9.53. The molecule has 3 rings (SSSR count). The van der Waals surface area contributed by atoms with E-state index in [4.69, 9.17) is 0 Å². The van der Waals surface area contributed by atoms with Crippen LogP contribution in [0.2, 0.25) is 0 Å². The van der Waals surface area contributed by atoms with Crippen molar-refractivity contribution in [2.24, 2.45) is 0 Å². The zero-order chi connectivity index (χ0) is 17.3. The number of nitrogens with zero attached hydrogens (tertiary/aromatic N) is 4. The summed E-state index contributed by atoms with van der Waals surface area (Å²) >= 11 is 0. The number of aryl methyl sites for hydroxylation is 2. The minimum Gasteiger partial charge on any atom is -0.387 e. The Bertz CT molecular complexity index is 858. The summed E-state index contributed by atoms with van der Waals surface area (Å²) in [6.45, 7) is 5.43. The highest BCUT2D eigenvalue weighted by Crippen LogP contribution is 2.20. The van der Waals surface area contributed by atoms with Gasteiger partial charge in [-0.25, -0.2) is 14.1 Å². The Morgan fingerprint density at radius 1 is 1.12 bits per heavy atom. The van der Waals surface area contributed by atoms with E-state index >= 15 is 0 Å². The molecule has 0 radical (unpaired) electrons. The van der Waals surface area contributed by atoms with E-state index in [0.29, 0.717) is 23.1 Å². The summed E-state index contributed by atoms with van der Waals surface area (Å²) < 4.78 is 14.7. The summed E-state index contributed by atoms with van der Waals surface area (Å²) in [7, 11) is 0. The maximum atomic E-state index is 13.0. The van der Waals surface area contributed by atoms with Gasteiger partial charge in [0.15, 0.2) is 0 Å². The van der Waals surface area contributed by atoms with Crippen LogP contribution in [0, 0.1) is 19.7 Å². The molecule has 0 bridgehead atoms. The average molecular weight is 327 g/mol. The molecule has 0 aliphatic carbocycles. The molecule has 1 unspecified atom stereocenters. The number of aliphatic hydroxyl groups excluding tert-OH is 1. The van der Waals surface area contributed by atoms with Crippen molar-refractivity contribution in [3.8, 4) is 5.95 Å². The number of halogens is 1. The highest BCUT2D eigenvalue weighted by atomic mass is 19.1. The molecule has 2 aromatic heterocycles. The van der Waals surface area contributed by atoms with E-state index in [-0.39, 0.29) is 5.82 Å². The molecule has 0 saturated carbocycles. The Morgan fingerprint density at radius 2 is 1.83 bits per heavy atom. The van der Waals surface area contributed by atoms with Crippen LogP contribution >= 0.6 is 0 Å². The quantitative estimate of drug-likeness (QED) is 0.769. The Hall–Kier alpha value is -2.80. The minimum absolute atomic E-state index is 0.309. The van der Waals surface area contributed by atoms with Gasteiger partial charge < -0.3 is 10.4 Å². The van der Waals surface area contributed by atoms with Gasteiger partial charge >= 0.3 is 0 Å². The summed E-state index contributed by atoms with van der Waals surface area (Å²) in [5, 5.41) is 17.4. The largest absolute Gasteiger partial charge is 0.387 e. The number of nitrogens with one attached hydrogen (secondary N) is 1. The molecule has 0 aliphatic heterocycles. The second kappa shape index (κ2) is 6.37. The monoisotopic (exact) mass is 327 g/mol.